The highest BCUT2D eigenvalue weighted by molar-refractivity contribution is 5.94. The van der Waals surface area contributed by atoms with Crippen LogP contribution in [-0.2, 0) is 6.54 Å². The molecular weight excluding hydrogens is 360 g/mol. The first-order chi connectivity index (χ1) is 12.8. The van der Waals surface area contributed by atoms with E-state index >= 15 is 0 Å². The summed E-state index contributed by atoms with van der Waals surface area (Å²) in [6.45, 7) is 6.89. The van der Waals surface area contributed by atoms with Crippen molar-refractivity contribution < 1.29 is 17.6 Å². The highest BCUT2D eigenvalue weighted by Gasteiger charge is 2.19. The van der Waals surface area contributed by atoms with Crippen LogP contribution in [0.15, 0.2) is 46.6 Å². The first-order valence-electron chi connectivity index (χ1n) is 8.01. The Morgan fingerprint density at radius 1 is 1.07 bits per heavy atom. The largest absolute Gasteiger partial charge is 0.323 e. The van der Waals surface area contributed by atoms with Crippen LogP contribution < -0.4 is 5.32 Å². The van der Waals surface area contributed by atoms with Crippen molar-refractivity contribution in [3.8, 4) is 0 Å². The molecule has 2 aromatic rings. The van der Waals surface area contributed by atoms with E-state index in [1.54, 1.807) is 26.0 Å². The Kier molecular flexibility index (Phi) is 4.98. The van der Waals surface area contributed by atoms with Gasteiger partial charge in [-0.05, 0) is 43.2 Å². The highest BCUT2D eigenvalue weighted by Crippen LogP contribution is 2.25. The van der Waals surface area contributed by atoms with E-state index in [2.05, 4.69) is 22.0 Å². The van der Waals surface area contributed by atoms with Gasteiger partial charge in [-0.2, -0.15) is 5.10 Å². The molecule has 3 rings (SSSR count). The molecule has 27 heavy (non-hydrogen) atoms. The lowest BCUT2D eigenvalue weighted by atomic mass is 10.1. The highest BCUT2D eigenvalue weighted by atomic mass is 19.2. The van der Waals surface area contributed by atoms with Crippen LogP contribution in [0.5, 0.6) is 0 Å². The van der Waals surface area contributed by atoms with Gasteiger partial charge in [0.25, 0.3) is 0 Å². The second-order valence-corrected chi connectivity index (χ2v) is 6.10. The van der Waals surface area contributed by atoms with Crippen molar-refractivity contribution in [2.75, 3.05) is 0 Å². The van der Waals surface area contributed by atoms with Gasteiger partial charge in [-0.15, -0.1) is 0 Å². The van der Waals surface area contributed by atoms with E-state index in [-0.39, 0.29) is 23.9 Å². The molecule has 1 aliphatic heterocycles. The number of aliphatic imine (C=N–C) groups is 1. The Morgan fingerprint density at radius 3 is 2.41 bits per heavy atom. The van der Waals surface area contributed by atoms with Crippen molar-refractivity contribution in [1.29, 1.82) is 0 Å². The summed E-state index contributed by atoms with van der Waals surface area (Å²) in [6, 6.07) is 5.01. The van der Waals surface area contributed by atoms with Crippen LogP contribution >= 0.6 is 0 Å². The summed E-state index contributed by atoms with van der Waals surface area (Å²) in [5.74, 6) is -4.30. The zero-order chi connectivity index (χ0) is 19.7. The Hall–Kier alpha value is -3.16. The van der Waals surface area contributed by atoms with Gasteiger partial charge >= 0.3 is 0 Å². The molecule has 8 heteroatoms. The predicted molar refractivity (Wildman–Crippen MR) is 95.6 cm³/mol. The SMILES string of the molecule is C=C1C=NN(Cc2cc(F)c(F)c(F)c2)C(=Nc2ccc(C)c(F)c2C)N1. The minimum atomic E-state index is -1.54. The molecule has 0 fully saturated rings. The summed E-state index contributed by atoms with van der Waals surface area (Å²) in [4.78, 5) is 4.37. The molecule has 2 aromatic carbocycles. The standard InChI is InChI=1S/C19H16F4N4/c1-10-4-5-16(12(3)17(10)22)26-19-25-11(2)8-24-27(19)9-13-6-14(20)18(23)15(21)7-13/h4-8H,2,9H2,1,3H3,(H,25,26). The summed E-state index contributed by atoms with van der Waals surface area (Å²) in [7, 11) is 0. The van der Waals surface area contributed by atoms with Crippen molar-refractivity contribution in [3.63, 3.8) is 0 Å². The van der Waals surface area contributed by atoms with Crippen LogP contribution in [0.25, 0.3) is 0 Å². The number of guanidine groups is 1. The summed E-state index contributed by atoms with van der Waals surface area (Å²) in [5, 5.41) is 8.32. The molecule has 1 aliphatic rings. The molecule has 0 unspecified atom stereocenters. The third-order valence-corrected chi connectivity index (χ3v) is 4.02. The number of nitrogens with zero attached hydrogens (tertiary/aromatic N) is 3. The van der Waals surface area contributed by atoms with E-state index in [0.29, 0.717) is 22.5 Å². The third-order valence-electron chi connectivity index (χ3n) is 4.02. The average Bonchev–Trinajstić information content (AvgIpc) is 2.62. The quantitative estimate of drug-likeness (QED) is 0.635. The number of rotatable bonds is 3. The van der Waals surface area contributed by atoms with Crippen LogP contribution in [-0.4, -0.2) is 17.2 Å². The maximum Gasteiger partial charge on any atom is 0.224 e. The first kappa shape index (κ1) is 18.6. The van der Waals surface area contributed by atoms with Crippen LogP contribution in [0.3, 0.4) is 0 Å². The van der Waals surface area contributed by atoms with E-state index in [4.69, 9.17) is 0 Å². The van der Waals surface area contributed by atoms with E-state index in [1.165, 1.54) is 11.2 Å². The van der Waals surface area contributed by atoms with Gasteiger partial charge in [0.15, 0.2) is 17.5 Å². The molecule has 0 bridgehead atoms. The van der Waals surface area contributed by atoms with Gasteiger partial charge in [0.1, 0.15) is 5.82 Å². The zero-order valence-corrected chi connectivity index (χ0v) is 14.7. The molecule has 0 spiro atoms. The smallest absolute Gasteiger partial charge is 0.224 e. The average molecular weight is 376 g/mol. The maximum absolute atomic E-state index is 14.1. The topological polar surface area (TPSA) is 40.0 Å². The van der Waals surface area contributed by atoms with Crippen molar-refractivity contribution in [2.24, 2.45) is 10.1 Å². The van der Waals surface area contributed by atoms with Crippen LogP contribution in [0, 0.1) is 37.1 Å². The molecule has 140 valence electrons. The third kappa shape index (κ3) is 3.84. The minimum Gasteiger partial charge on any atom is -0.323 e. The molecule has 0 saturated carbocycles. The second-order valence-electron chi connectivity index (χ2n) is 6.10. The zero-order valence-electron chi connectivity index (χ0n) is 14.7. The summed E-state index contributed by atoms with van der Waals surface area (Å²) in [5.41, 5.74) is 1.80. The summed E-state index contributed by atoms with van der Waals surface area (Å²) in [6.07, 6.45) is 1.40. The molecule has 1 heterocycles. The fourth-order valence-corrected chi connectivity index (χ4v) is 2.55. The Bertz CT molecular complexity index is 959. The number of halogens is 4. The van der Waals surface area contributed by atoms with Crippen molar-refractivity contribution in [3.05, 3.63) is 76.5 Å². The predicted octanol–water partition coefficient (Wildman–Crippen LogP) is 4.45. The van der Waals surface area contributed by atoms with E-state index in [9.17, 15) is 17.6 Å². The van der Waals surface area contributed by atoms with Gasteiger partial charge in [-0.3, -0.25) is 0 Å². The van der Waals surface area contributed by atoms with Gasteiger partial charge in [0.2, 0.25) is 5.96 Å². The van der Waals surface area contributed by atoms with Gasteiger partial charge in [-0.1, -0.05) is 12.6 Å². The maximum atomic E-state index is 14.1. The lowest BCUT2D eigenvalue weighted by Crippen LogP contribution is -2.41. The normalized spacial score (nSPS) is 15.4. The van der Waals surface area contributed by atoms with Gasteiger partial charge in [-0.25, -0.2) is 27.6 Å². The summed E-state index contributed by atoms with van der Waals surface area (Å²) < 4.78 is 54.2. The number of hydrazone groups is 1. The Morgan fingerprint density at radius 2 is 1.74 bits per heavy atom. The van der Waals surface area contributed by atoms with Gasteiger partial charge in [0.05, 0.1) is 24.1 Å². The van der Waals surface area contributed by atoms with Crippen molar-refractivity contribution in [1.82, 2.24) is 10.3 Å². The lowest BCUT2D eigenvalue weighted by Gasteiger charge is -2.26. The molecule has 0 radical (unpaired) electrons. The fraction of sp³-hybridized carbons (Fsp3) is 0.158. The lowest BCUT2D eigenvalue weighted by molar-refractivity contribution is 0.410. The molecule has 0 saturated heterocycles. The summed E-state index contributed by atoms with van der Waals surface area (Å²) >= 11 is 0. The number of nitrogens with one attached hydrogen (secondary N) is 1. The van der Waals surface area contributed by atoms with E-state index < -0.39 is 17.5 Å². The number of hydrogen-bond acceptors (Lipinski definition) is 2. The van der Waals surface area contributed by atoms with Gasteiger partial charge in [0, 0.05) is 5.56 Å². The monoisotopic (exact) mass is 376 g/mol. The number of aryl methyl sites for hydroxylation is 1. The molecule has 0 aliphatic carbocycles. The Balaban J connectivity index is 1.97. The molecular formula is C19H16F4N4. The van der Waals surface area contributed by atoms with Crippen LogP contribution in [0.4, 0.5) is 23.2 Å². The molecule has 0 amide bonds. The molecule has 4 nitrogen and oxygen atoms in total. The van der Waals surface area contributed by atoms with Crippen LogP contribution in [0.1, 0.15) is 16.7 Å². The first-order valence-corrected chi connectivity index (χ1v) is 8.01. The minimum absolute atomic E-state index is 0.0862. The molecule has 1 N–H and O–H groups in total. The number of benzene rings is 2. The van der Waals surface area contributed by atoms with Crippen molar-refractivity contribution >= 4 is 17.9 Å². The number of hydrogen-bond donors (Lipinski definition) is 1. The number of allylic oxidation sites excluding steroid dienone is 1. The molecule has 0 aromatic heterocycles. The fourth-order valence-electron chi connectivity index (χ4n) is 2.55. The molecule has 0 atom stereocenters. The van der Waals surface area contributed by atoms with Gasteiger partial charge < -0.3 is 5.32 Å². The second kappa shape index (κ2) is 7.22. The van der Waals surface area contributed by atoms with E-state index in [0.717, 1.165) is 12.1 Å². The van der Waals surface area contributed by atoms with Crippen LogP contribution in [0.2, 0.25) is 0 Å². The Labute approximate surface area is 153 Å². The van der Waals surface area contributed by atoms with Crippen molar-refractivity contribution in [2.45, 2.75) is 20.4 Å². The van der Waals surface area contributed by atoms with E-state index in [1.807, 2.05) is 0 Å².